The zero-order valence-corrected chi connectivity index (χ0v) is 16.4. The van der Waals surface area contributed by atoms with Crippen LogP contribution in [0.2, 0.25) is 0 Å². The van der Waals surface area contributed by atoms with Gasteiger partial charge >= 0.3 is 0 Å². The normalized spacial score (nSPS) is 15.2. The van der Waals surface area contributed by atoms with E-state index in [1.165, 1.54) is 30.1 Å². The van der Waals surface area contributed by atoms with E-state index in [1.807, 2.05) is 31.6 Å². The summed E-state index contributed by atoms with van der Waals surface area (Å²) < 4.78 is 33.2. The van der Waals surface area contributed by atoms with Crippen LogP contribution in [0.5, 0.6) is 0 Å². The van der Waals surface area contributed by atoms with Crippen LogP contribution < -0.4 is 4.90 Å². The van der Waals surface area contributed by atoms with Crippen LogP contribution in [0, 0.1) is 17.6 Å². The summed E-state index contributed by atoms with van der Waals surface area (Å²) in [6.45, 7) is 3.58. The Balaban J connectivity index is 1.31. The minimum absolute atomic E-state index is 0.0188. The van der Waals surface area contributed by atoms with Crippen molar-refractivity contribution in [2.24, 2.45) is 5.92 Å². The van der Waals surface area contributed by atoms with Crippen LogP contribution in [0.15, 0.2) is 53.4 Å². The van der Waals surface area contributed by atoms with Gasteiger partial charge in [0.15, 0.2) is 0 Å². The van der Waals surface area contributed by atoms with Gasteiger partial charge in [0.2, 0.25) is 5.89 Å². The maximum atomic E-state index is 13.9. The lowest BCUT2D eigenvalue weighted by molar-refractivity contribution is 0.240. The van der Waals surface area contributed by atoms with Gasteiger partial charge < -0.3 is 14.2 Å². The third kappa shape index (κ3) is 4.62. The molecule has 1 aromatic carbocycles. The lowest BCUT2D eigenvalue weighted by Gasteiger charge is -2.35. The molecule has 3 heterocycles. The summed E-state index contributed by atoms with van der Waals surface area (Å²) in [5, 5.41) is 0. The molecule has 0 aliphatic carbocycles. The van der Waals surface area contributed by atoms with E-state index in [9.17, 15) is 8.78 Å². The Hall–Kier alpha value is -2.80. The average molecular weight is 398 g/mol. The van der Waals surface area contributed by atoms with Crippen molar-refractivity contribution in [1.82, 2.24) is 14.9 Å². The Bertz CT molecular complexity index is 919. The minimum Gasteiger partial charge on any atom is -0.444 e. The van der Waals surface area contributed by atoms with Crippen LogP contribution in [0.4, 0.5) is 14.5 Å². The molecule has 0 amide bonds. The monoisotopic (exact) mass is 398 g/mol. The highest BCUT2D eigenvalue weighted by atomic mass is 19.1. The molecule has 0 N–H and O–H groups in total. The Morgan fingerprint density at radius 1 is 1.10 bits per heavy atom. The Morgan fingerprint density at radius 2 is 1.79 bits per heavy atom. The fourth-order valence-corrected chi connectivity index (χ4v) is 3.91. The molecule has 3 aromatic rings. The average Bonchev–Trinajstić information content (AvgIpc) is 3.17. The number of oxazole rings is 1. The van der Waals surface area contributed by atoms with Gasteiger partial charge in [0.1, 0.15) is 23.5 Å². The number of nitrogens with zero attached hydrogens (tertiary/aromatic N) is 4. The maximum absolute atomic E-state index is 13.9. The lowest BCUT2D eigenvalue weighted by atomic mass is 9.96. The summed E-state index contributed by atoms with van der Waals surface area (Å²) in [4.78, 5) is 12.9. The van der Waals surface area contributed by atoms with Gasteiger partial charge in [-0.15, -0.1) is 0 Å². The highest BCUT2D eigenvalue weighted by Crippen LogP contribution is 2.26. The van der Waals surface area contributed by atoms with Crippen molar-refractivity contribution in [3.8, 4) is 11.5 Å². The summed E-state index contributed by atoms with van der Waals surface area (Å²) in [6.07, 6.45) is 7.38. The molecule has 4 rings (SSSR count). The van der Waals surface area contributed by atoms with Gasteiger partial charge in [0.05, 0.1) is 5.69 Å². The van der Waals surface area contributed by atoms with E-state index >= 15 is 0 Å². The van der Waals surface area contributed by atoms with E-state index in [-0.39, 0.29) is 11.5 Å². The zero-order valence-electron chi connectivity index (χ0n) is 16.4. The molecular formula is C22H24F2N4O. The van der Waals surface area contributed by atoms with Crippen LogP contribution in [0.3, 0.4) is 0 Å². The van der Waals surface area contributed by atoms with Gasteiger partial charge in [-0.25, -0.2) is 13.8 Å². The Kier molecular flexibility index (Phi) is 5.85. The largest absolute Gasteiger partial charge is 0.444 e. The summed E-state index contributed by atoms with van der Waals surface area (Å²) in [5.74, 6) is -0.761. The van der Waals surface area contributed by atoms with E-state index in [0.717, 1.165) is 32.5 Å². The van der Waals surface area contributed by atoms with Crippen LogP contribution in [0.1, 0.15) is 18.5 Å². The molecule has 5 nitrogen and oxygen atoms in total. The lowest BCUT2D eigenvalue weighted by Crippen LogP contribution is -2.37. The number of aromatic nitrogens is 2. The molecular weight excluding hydrogens is 374 g/mol. The first kappa shape index (κ1) is 19.5. The summed E-state index contributed by atoms with van der Waals surface area (Å²) in [6, 6.07) is 7.82. The van der Waals surface area contributed by atoms with E-state index in [1.54, 1.807) is 0 Å². The van der Waals surface area contributed by atoms with Crippen molar-refractivity contribution < 1.29 is 13.2 Å². The SMILES string of the molecule is CN(Cc1coc(-c2c(F)cccc2F)n1)CC1CCN(c2ccncc2)CC1. The van der Waals surface area contributed by atoms with E-state index in [0.29, 0.717) is 18.2 Å². The molecule has 0 radical (unpaired) electrons. The first-order valence-electron chi connectivity index (χ1n) is 9.82. The number of halogens is 2. The zero-order chi connectivity index (χ0) is 20.2. The number of piperidine rings is 1. The van der Waals surface area contributed by atoms with Gasteiger partial charge in [-0.05, 0) is 50.1 Å². The van der Waals surface area contributed by atoms with Crippen LogP contribution >= 0.6 is 0 Å². The van der Waals surface area contributed by atoms with Crippen molar-refractivity contribution in [2.45, 2.75) is 19.4 Å². The molecule has 29 heavy (non-hydrogen) atoms. The van der Waals surface area contributed by atoms with Gasteiger partial charge in [-0.2, -0.15) is 0 Å². The third-order valence-electron chi connectivity index (χ3n) is 5.37. The Morgan fingerprint density at radius 3 is 2.48 bits per heavy atom. The minimum atomic E-state index is -0.673. The molecule has 0 saturated carbocycles. The van der Waals surface area contributed by atoms with Crippen LogP contribution in [0.25, 0.3) is 11.5 Å². The summed E-state index contributed by atoms with van der Waals surface area (Å²) in [5.41, 5.74) is 1.67. The summed E-state index contributed by atoms with van der Waals surface area (Å²) in [7, 11) is 2.03. The van der Waals surface area contributed by atoms with Crippen molar-refractivity contribution in [2.75, 3.05) is 31.6 Å². The number of rotatable bonds is 6. The molecule has 1 aliphatic rings. The highest BCUT2D eigenvalue weighted by Gasteiger charge is 2.22. The van der Waals surface area contributed by atoms with Crippen molar-refractivity contribution in [3.05, 3.63) is 66.3 Å². The quantitative estimate of drug-likeness (QED) is 0.617. The topological polar surface area (TPSA) is 45.4 Å². The van der Waals surface area contributed by atoms with Crippen molar-refractivity contribution in [1.29, 1.82) is 0 Å². The molecule has 0 bridgehead atoms. The van der Waals surface area contributed by atoms with E-state index < -0.39 is 11.6 Å². The fourth-order valence-electron chi connectivity index (χ4n) is 3.91. The molecule has 152 valence electrons. The molecule has 7 heteroatoms. The summed E-state index contributed by atoms with van der Waals surface area (Å²) >= 11 is 0. The predicted molar refractivity (Wildman–Crippen MR) is 107 cm³/mol. The van der Waals surface area contributed by atoms with Gasteiger partial charge in [0, 0.05) is 44.3 Å². The first-order valence-corrected chi connectivity index (χ1v) is 9.82. The first-order chi connectivity index (χ1) is 14.1. The number of hydrogen-bond acceptors (Lipinski definition) is 5. The second kappa shape index (κ2) is 8.69. The van der Waals surface area contributed by atoms with Crippen molar-refractivity contribution >= 4 is 5.69 Å². The van der Waals surface area contributed by atoms with Crippen molar-refractivity contribution in [3.63, 3.8) is 0 Å². The molecule has 0 spiro atoms. The molecule has 0 atom stereocenters. The van der Waals surface area contributed by atoms with E-state index in [2.05, 4.69) is 19.8 Å². The Labute approximate surface area is 169 Å². The molecule has 1 aliphatic heterocycles. The molecule has 1 saturated heterocycles. The second-order valence-electron chi connectivity index (χ2n) is 7.57. The second-order valence-corrected chi connectivity index (χ2v) is 7.57. The maximum Gasteiger partial charge on any atom is 0.232 e. The van der Waals surface area contributed by atoms with Gasteiger partial charge in [0.25, 0.3) is 0 Å². The molecule has 2 aromatic heterocycles. The third-order valence-corrected chi connectivity index (χ3v) is 5.37. The molecule has 1 fully saturated rings. The molecule has 0 unspecified atom stereocenters. The highest BCUT2D eigenvalue weighted by molar-refractivity contribution is 5.55. The fraction of sp³-hybridized carbons (Fsp3) is 0.364. The number of hydrogen-bond donors (Lipinski definition) is 0. The number of pyridine rings is 1. The standard InChI is InChI=1S/C22H24F2N4O/c1-27(13-16-7-11-28(12-8-16)18-5-9-25-10-6-18)14-17-15-29-22(26-17)21-19(23)3-2-4-20(21)24/h2-6,9-10,15-16H,7-8,11-14H2,1H3. The smallest absolute Gasteiger partial charge is 0.232 e. The predicted octanol–water partition coefficient (Wildman–Crippen LogP) is 4.36. The van der Waals surface area contributed by atoms with E-state index in [4.69, 9.17) is 4.42 Å². The number of benzene rings is 1. The van der Waals surface area contributed by atoms with Gasteiger partial charge in [-0.1, -0.05) is 6.07 Å². The number of anilines is 1. The van der Waals surface area contributed by atoms with Crippen LogP contribution in [-0.2, 0) is 6.54 Å². The van der Waals surface area contributed by atoms with Gasteiger partial charge in [-0.3, -0.25) is 4.98 Å². The van der Waals surface area contributed by atoms with Crippen LogP contribution in [-0.4, -0.2) is 41.5 Å².